The number of hydrogen-bond acceptors (Lipinski definition) is 3. The van der Waals surface area contributed by atoms with Gasteiger partial charge < -0.3 is 10.1 Å². The number of carbonyl (C=O) groups is 1. The lowest BCUT2D eigenvalue weighted by Gasteiger charge is -2.10. The number of benzene rings is 2. The first-order chi connectivity index (χ1) is 9.78. The van der Waals surface area contributed by atoms with Gasteiger partial charge in [-0.25, -0.2) is 0 Å². The first kappa shape index (κ1) is 12.2. The zero-order valence-corrected chi connectivity index (χ0v) is 10.7. The molecule has 2 aromatic carbocycles. The summed E-state index contributed by atoms with van der Waals surface area (Å²) in [6, 6.07) is 16.4. The van der Waals surface area contributed by atoms with Crippen molar-refractivity contribution in [1.82, 2.24) is 0 Å². The van der Waals surface area contributed by atoms with Crippen LogP contribution in [-0.4, -0.2) is 12.5 Å². The highest BCUT2D eigenvalue weighted by Gasteiger charge is 2.29. The average molecular weight is 264 g/mol. The van der Waals surface area contributed by atoms with Gasteiger partial charge in [-0.3, -0.25) is 4.79 Å². The van der Waals surface area contributed by atoms with Gasteiger partial charge in [-0.2, -0.15) is 5.26 Å². The van der Waals surface area contributed by atoms with Crippen molar-refractivity contribution in [3.05, 3.63) is 59.7 Å². The summed E-state index contributed by atoms with van der Waals surface area (Å²) in [7, 11) is 0. The van der Waals surface area contributed by atoms with Gasteiger partial charge in [0.25, 0.3) is 0 Å². The predicted molar refractivity (Wildman–Crippen MR) is 74.5 cm³/mol. The van der Waals surface area contributed by atoms with Gasteiger partial charge in [-0.1, -0.05) is 18.2 Å². The molecule has 0 spiro atoms. The lowest BCUT2D eigenvalue weighted by atomic mass is 10.0. The van der Waals surface area contributed by atoms with Gasteiger partial charge in [0, 0.05) is 11.3 Å². The van der Waals surface area contributed by atoms with Crippen LogP contribution in [0, 0.1) is 11.3 Å². The van der Waals surface area contributed by atoms with Crippen molar-refractivity contribution >= 4 is 11.6 Å². The van der Waals surface area contributed by atoms with E-state index < -0.39 is 0 Å². The number of hydrogen-bond donors (Lipinski definition) is 1. The summed E-state index contributed by atoms with van der Waals surface area (Å²) < 4.78 is 5.50. The Morgan fingerprint density at radius 2 is 1.95 bits per heavy atom. The molecule has 1 aliphatic heterocycles. The highest BCUT2D eigenvalue weighted by Crippen LogP contribution is 2.34. The van der Waals surface area contributed by atoms with E-state index in [0.29, 0.717) is 17.9 Å². The Labute approximate surface area is 116 Å². The normalized spacial score (nSPS) is 15.8. The minimum atomic E-state index is -0.290. The first-order valence-electron chi connectivity index (χ1n) is 6.30. The van der Waals surface area contributed by atoms with Crippen molar-refractivity contribution < 1.29 is 9.53 Å². The Morgan fingerprint density at radius 1 is 1.20 bits per heavy atom. The minimum Gasteiger partial charge on any atom is -0.492 e. The van der Waals surface area contributed by atoms with Crippen molar-refractivity contribution in [2.45, 2.75) is 5.92 Å². The molecule has 4 heteroatoms. The molecule has 1 N–H and O–H groups in total. The van der Waals surface area contributed by atoms with Crippen LogP contribution in [-0.2, 0) is 4.79 Å². The number of para-hydroxylation sites is 1. The molecule has 0 saturated carbocycles. The van der Waals surface area contributed by atoms with Crippen molar-refractivity contribution in [2.24, 2.45) is 0 Å². The lowest BCUT2D eigenvalue weighted by molar-refractivity contribution is -0.117. The van der Waals surface area contributed by atoms with Crippen molar-refractivity contribution in [3.8, 4) is 11.8 Å². The van der Waals surface area contributed by atoms with Crippen LogP contribution in [0.15, 0.2) is 48.5 Å². The molecular weight excluding hydrogens is 252 g/mol. The number of nitrogens with zero attached hydrogens (tertiary/aromatic N) is 1. The first-order valence-corrected chi connectivity index (χ1v) is 6.30. The van der Waals surface area contributed by atoms with E-state index >= 15 is 0 Å². The van der Waals surface area contributed by atoms with Gasteiger partial charge in [0.05, 0.1) is 11.6 Å². The van der Waals surface area contributed by atoms with Crippen molar-refractivity contribution in [1.29, 1.82) is 5.26 Å². The average Bonchev–Trinajstić information content (AvgIpc) is 2.92. The molecule has 3 rings (SSSR count). The fraction of sp³-hybridized carbons (Fsp3) is 0.125. The fourth-order valence-electron chi connectivity index (χ4n) is 2.24. The maximum Gasteiger partial charge on any atom is 0.235 e. The van der Waals surface area contributed by atoms with E-state index in [0.717, 1.165) is 11.3 Å². The van der Waals surface area contributed by atoms with Gasteiger partial charge in [0.15, 0.2) is 0 Å². The molecule has 0 fully saturated rings. The Balaban J connectivity index is 1.76. The summed E-state index contributed by atoms with van der Waals surface area (Å²) in [5.41, 5.74) is 2.16. The second-order valence-corrected chi connectivity index (χ2v) is 4.58. The van der Waals surface area contributed by atoms with Gasteiger partial charge in [-0.15, -0.1) is 0 Å². The molecule has 0 aliphatic carbocycles. The van der Waals surface area contributed by atoms with E-state index in [2.05, 4.69) is 5.32 Å². The highest BCUT2D eigenvalue weighted by atomic mass is 16.5. The van der Waals surface area contributed by atoms with Crippen LogP contribution in [0.1, 0.15) is 17.0 Å². The molecule has 98 valence electrons. The molecule has 1 heterocycles. The van der Waals surface area contributed by atoms with Gasteiger partial charge in [0.2, 0.25) is 5.91 Å². The zero-order chi connectivity index (χ0) is 13.9. The van der Waals surface area contributed by atoms with E-state index in [4.69, 9.17) is 10.00 Å². The van der Waals surface area contributed by atoms with Crippen LogP contribution in [0.25, 0.3) is 0 Å². The molecule has 0 bridgehead atoms. The van der Waals surface area contributed by atoms with E-state index in [1.807, 2.05) is 30.3 Å². The van der Waals surface area contributed by atoms with Crippen LogP contribution in [0.5, 0.6) is 5.75 Å². The fourth-order valence-corrected chi connectivity index (χ4v) is 2.24. The number of fused-ring (bicyclic) bond motifs is 1. The van der Waals surface area contributed by atoms with Crippen molar-refractivity contribution in [2.75, 3.05) is 11.9 Å². The van der Waals surface area contributed by atoms with Crippen LogP contribution >= 0.6 is 0 Å². The summed E-state index contributed by atoms with van der Waals surface area (Å²) in [4.78, 5) is 12.3. The quantitative estimate of drug-likeness (QED) is 0.907. The molecular formula is C16H12N2O2. The molecule has 2 aromatic rings. The van der Waals surface area contributed by atoms with Crippen molar-refractivity contribution in [3.63, 3.8) is 0 Å². The summed E-state index contributed by atoms with van der Waals surface area (Å²) in [6.07, 6.45) is 0. The number of nitriles is 1. The third-order valence-corrected chi connectivity index (χ3v) is 3.30. The SMILES string of the molecule is N#Cc1ccc(NC(=O)C2COc3ccccc32)cc1. The lowest BCUT2D eigenvalue weighted by Crippen LogP contribution is -2.22. The Hall–Kier alpha value is -2.80. The summed E-state index contributed by atoms with van der Waals surface area (Å²) in [5, 5.41) is 11.6. The summed E-state index contributed by atoms with van der Waals surface area (Å²) in [6.45, 7) is 0.363. The van der Waals surface area contributed by atoms with Gasteiger partial charge in [-0.05, 0) is 30.3 Å². The van der Waals surface area contributed by atoms with E-state index in [-0.39, 0.29) is 11.8 Å². The third-order valence-electron chi connectivity index (χ3n) is 3.30. The molecule has 4 nitrogen and oxygen atoms in total. The predicted octanol–water partition coefficient (Wildman–Crippen LogP) is 2.67. The standard InChI is InChI=1S/C16H12N2O2/c17-9-11-5-7-12(8-6-11)18-16(19)14-10-20-15-4-2-1-3-13(14)15/h1-8,14H,10H2,(H,18,19). The summed E-state index contributed by atoms with van der Waals surface area (Å²) in [5.74, 6) is 0.383. The molecule has 1 atom stereocenters. The second-order valence-electron chi connectivity index (χ2n) is 4.58. The molecule has 0 saturated heterocycles. The number of carbonyl (C=O) groups excluding carboxylic acids is 1. The maximum absolute atomic E-state index is 12.3. The van der Waals surface area contributed by atoms with Crippen LogP contribution < -0.4 is 10.1 Å². The van der Waals surface area contributed by atoms with Gasteiger partial charge in [0.1, 0.15) is 18.3 Å². The topological polar surface area (TPSA) is 62.1 Å². The molecule has 0 aromatic heterocycles. The minimum absolute atomic E-state index is 0.0975. The van der Waals surface area contributed by atoms with Crippen LogP contribution in [0.2, 0.25) is 0 Å². The Morgan fingerprint density at radius 3 is 2.70 bits per heavy atom. The summed E-state index contributed by atoms with van der Waals surface area (Å²) >= 11 is 0. The molecule has 20 heavy (non-hydrogen) atoms. The Bertz CT molecular complexity index is 686. The third kappa shape index (κ3) is 2.21. The maximum atomic E-state index is 12.3. The smallest absolute Gasteiger partial charge is 0.235 e. The largest absolute Gasteiger partial charge is 0.492 e. The van der Waals surface area contributed by atoms with E-state index in [1.54, 1.807) is 24.3 Å². The number of nitrogens with one attached hydrogen (secondary N) is 1. The van der Waals surface area contributed by atoms with Crippen LogP contribution in [0.3, 0.4) is 0 Å². The van der Waals surface area contributed by atoms with Crippen LogP contribution in [0.4, 0.5) is 5.69 Å². The number of rotatable bonds is 2. The highest BCUT2D eigenvalue weighted by molar-refractivity contribution is 5.96. The molecule has 1 aliphatic rings. The second kappa shape index (κ2) is 5.06. The molecule has 1 unspecified atom stereocenters. The molecule has 1 amide bonds. The number of amides is 1. The Kier molecular flexibility index (Phi) is 3.10. The molecule has 0 radical (unpaired) electrons. The number of anilines is 1. The zero-order valence-electron chi connectivity index (χ0n) is 10.7. The van der Waals surface area contributed by atoms with Gasteiger partial charge >= 0.3 is 0 Å². The monoisotopic (exact) mass is 264 g/mol. The van der Waals surface area contributed by atoms with E-state index in [9.17, 15) is 4.79 Å². The number of ether oxygens (including phenoxy) is 1. The van der Waals surface area contributed by atoms with E-state index in [1.165, 1.54) is 0 Å².